The van der Waals surface area contributed by atoms with E-state index in [2.05, 4.69) is 39.9 Å². The van der Waals surface area contributed by atoms with E-state index in [9.17, 15) is 19.2 Å². The van der Waals surface area contributed by atoms with Gasteiger partial charge in [-0.05, 0) is 62.0 Å². The number of furan rings is 1. The van der Waals surface area contributed by atoms with E-state index in [0.29, 0.717) is 12.0 Å². The van der Waals surface area contributed by atoms with Gasteiger partial charge in [-0.1, -0.05) is 58.4 Å². The third-order valence-electron chi connectivity index (χ3n) is 11.7. The molecular formula is C39H49NO8. The Kier molecular flexibility index (Phi) is 8.38. The van der Waals surface area contributed by atoms with Crippen molar-refractivity contribution in [3.63, 3.8) is 0 Å². The van der Waals surface area contributed by atoms with Gasteiger partial charge in [-0.25, -0.2) is 0 Å². The summed E-state index contributed by atoms with van der Waals surface area (Å²) >= 11 is 0. The van der Waals surface area contributed by atoms with Crippen molar-refractivity contribution in [2.24, 2.45) is 34.0 Å². The number of amides is 1. The van der Waals surface area contributed by atoms with Crippen LogP contribution in [-0.4, -0.2) is 56.1 Å². The summed E-state index contributed by atoms with van der Waals surface area (Å²) in [5.74, 6) is -0.485. The second-order valence-corrected chi connectivity index (χ2v) is 15.2. The highest BCUT2D eigenvalue weighted by Crippen LogP contribution is 2.72. The molecule has 0 radical (unpaired) electrons. The highest BCUT2D eigenvalue weighted by Gasteiger charge is 2.77. The molecular weight excluding hydrogens is 610 g/mol. The molecule has 7 rings (SSSR count). The zero-order valence-corrected chi connectivity index (χ0v) is 29.3. The lowest BCUT2D eigenvalue weighted by molar-refractivity contribution is -0.190. The molecule has 9 heteroatoms. The van der Waals surface area contributed by atoms with Crippen LogP contribution < -0.4 is 5.32 Å². The van der Waals surface area contributed by atoms with Crippen molar-refractivity contribution >= 4 is 23.6 Å². The standard InChI is InChI=1S/C35H37NO8.C4H10.H2/c1-17-21(20-12-14-42-27(20)18-7-9-19(10-8-18)31(39)36-5)15-22-26(17)35(4)23(16-25(38)41-6)34(3)24(37)11-13-33(2)29(34)28(30(35)43-22)44-32(33)40;1-4(2)3;/h7-14,21-23,28-30H,15-16H2,1-6H3,(H,36,39);4H,1-3H3;1H/t21-,22-,23-,28-,29?,30-,33-,34+,35-;;/m1../s1. The first kappa shape index (κ1) is 33.9. The number of ether oxygens (including phenoxy) is 3. The number of hydrogen-bond acceptors (Lipinski definition) is 8. The summed E-state index contributed by atoms with van der Waals surface area (Å²) in [4.78, 5) is 52.4. The van der Waals surface area contributed by atoms with Crippen LogP contribution in [0, 0.1) is 34.0 Å². The normalized spacial score (nSPS) is 35.8. The quantitative estimate of drug-likeness (QED) is 0.279. The maximum Gasteiger partial charge on any atom is 0.316 e. The molecule has 1 saturated carbocycles. The van der Waals surface area contributed by atoms with Crippen molar-refractivity contribution in [1.82, 2.24) is 5.32 Å². The number of rotatable bonds is 5. The van der Waals surface area contributed by atoms with Crippen molar-refractivity contribution in [2.45, 2.75) is 85.5 Å². The Morgan fingerprint density at radius 1 is 1.06 bits per heavy atom. The van der Waals surface area contributed by atoms with Gasteiger partial charge < -0.3 is 23.9 Å². The molecule has 3 aliphatic carbocycles. The van der Waals surface area contributed by atoms with E-state index in [1.54, 1.807) is 31.5 Å². The lowest BCUT2D eigenvalue weighted by Gasteiger charge is -2.59. The molecule has 0 spiro atoms. The van der Waals surface area contributed by atoms with Crippen LogP contribution in [0.4, 0.5) is 0 Å². The van der Waals surface area contributed by atoms with Crippen molar-refractivity contribution < 1.29 is 39.2 Å². The summed E-state index contributed by atoms with van der Waals surface area (Å²) in [6.45, 7) is 14.4. The van der Waals surface area contributed by atoms with Crippen LogP contribution >= 0.6 is 0 Å². The molecule has 1 amide bonds. The minimum absolute atomic E-state index is 0. The number of esters is 2. The third kappa shape index (κ3) is 4.75. The highest BCUT2D eigenvalue weighted by molar-refractivity contribution is 6.00. The van der Waals surface area contributed by atoms with Gasteiger partial charge in [0.1, 0.15) is 18.0 Å². The third-order valence-corrected chi connectivity index (χ3v) is 11.7. The fourth-order valence-electron chi connectivity index (χ4n) is 9.65. The molecule has 1 aromatic carbocycles. The van der Waals surface area contributed by atoms with Crippen molar-refractivity contribution in [2.75, 3.05) is 14.2 Å². The molecule has 2 aliphatic heterocycles. The molecule has 5 aliphatic rings. The summed E-state index contributed by atoms with van der Waals surface area (Å²) < 4.78 is 24.2. The monoisotopic (exact) mass is 659 g/mol. The number of fused-ring (bicyclic) bond motifs is 4. The molecule has 48 heavy (non-hydrogen) atoms. The van der Waals surface area contributed by atoms with E-state index in [4.69, 9.17) is 18.6 Å². The molecule has 3 fully saturated rings. The lowest BCUT2D eigenvalue weighted by Crippen LogP contribution is -2.66. The van der Waals surface area contributed by atoms with Crippen molar-refractivity contribution in [3.8, 4) is 11.3 Å². The molecule has 1 aromatic heterocycles. The molecule has 2 aromatic rings. The smallest absolute Gasteiger partial charge is 0.316 e. The van der Waals surface area contributed by atoms with Crippen LogP contribution in [-0.2, 0) is 28.6 Å². The fourth-order valence-corrected chi connectivity index (χ4v) is 9.65. The van der Waals surface area contributed by atoms with Crippen LogP contribution in [0.2, 0.25) is 0 Å². The van der Waals surface area contributed by atoms with Crippen LogP contribution in [0.15, 0.2) is 64.3 Å². The number of benzene rings is 1. The minimum Gasteiger partial charge on any atom is -0.469 e. The SMILES string of the molecule is CC(C)C.CNC(=O)c1ccc(-c2occc2[C@@H]2C[C@H]3O[C@@H]4[C@@H]5OC(=O)[C@]6(C)C=CC(=O)[C@@](C)(C56)[C@@H](CC(=O)OC)[C@]4(C)C3=C2C)cc1.[HH]. The highest BCUT2D eigenvalue weighted by atomic mass is 16.6. The number of nitrogens with one attached hydrogen (secondary N) is 1. The van der Waals surface area contributed by atoms with E-state index in [-0.39, 0.29) is 37.5 Å². The van der Waals surface area contributed by atoms with E-state index in [0.717, 1.165) is 34.0 Å². The first-order valence-electron chi connectivity index (χ1n) is 16.9. The molecule has 9 nitrogen and oxygen atoms in total. The Labute approximate surface area is 283 Å². The topological polar surface area (TPSA) is 121 Å². The first-order chi connectivity index (χ1) is 22.6. The summed E-state index contributed by atoms with van der Waals surface area (Å²) in [6, 6.07) is 9.27. The fraction of sp³-hybridized carbons (Fsp3) is 0.538. The molecule has 1 unspecified atom stereocenters. The van der Waals surface area contributed by atoms with Gasteiger partial charge in [0.25, 0.3) is 5.91 Å². The van der Waals surface area contributed by atoms with E-state index >= 15 is 0 Å². The molecule has 2 saturated heterocycles. The molecule has 9 atom stereocenters. The van der Waals surface area contributed by atoms with E-state index in [1.165, 1.54) is 13.2 Å². The summed E-state index contributed by atoms with van der Waals surface area (Å²) in [7, 11) is 2.96. The largest absolute Gasteiger partial charge is 0.469 e. The van der Waals surface area contributed by atoms with Crippen LogP contribution in [0.5, 0.6) is 0 Å². The van der Waals surface area contributed by atoms with Gasteiger partial charge >= 0.3 is 11.9 Å². The van der Waals surface area contributed by atoms with Crippen molar-refractivity contribution in [1.29, 1.82) is 0 Å². The van der Waals surface area contributed by atoms with Gasteiger partial charge in [0.05, 0.1) is 31.3 Å². The Morgan fingerprint density at radius 2 is 1.73 bits per heavy atom. The Morgan fingerprint density at radius 3 is 2.35 bits per heavy atom. The lowest BCUT2D eigenvalue weighted by atomic mass is 9.42. The number of ketones is 1. The molecule has 3 heterocycles. The molecule has 0 bridgehead atoms. The van der Waals surface area contributed by atoms with E-state index in [1.807, 2.05) is 32.0 Å². The minimum atomic E-state index is -1.06. The second kappa shape index (κ2) is 11.9. The molecule has 1 N–H and O–H groups in total. The maximum atomic E-state index is 13.9. The van der Waals surface area contributed by atoms with Crippen molar-refractivity contribution in [3.05, 3.63) is 71.0 Å². The predicted molar refractivity (Wildman–Crippen MR) is 181 cm³/mol. The van der Waals surface area contributed by atoms with Gasteiger partial charge in [-0.3, -0.25) is 19.2 Å². The van der Waals surface area contributed by atoms with Crippen LogP contribution in [0.25, 0.3) is 11.3 Å². The van der Waals surface area contributed by atoms with Crippen LogP contribution in [0.1, 0.15) is 84.6 Å². The summed E-state index contributed by atoms with van der Waals surface area (Å²) in [5.41, 5.74) is 1.75. The van der Waals surface area contributed by atoms with Crippen LogP contribution in [0.3, 0.4) is 0 Å². The summed E-state index contributed by atoms with van der Waals surface area (Å²) in [5, 5.41) is 2.64. The van der Waals surface area contributed by atoms with Gasteiger partial charge in [0.15, 0.2) is 5.78 Å². The number of hydrogen-bond donors (Lipinski definition) is 1. The number of carbonyl (C=O) groups excluding carboxylic acids is 4. The Hall–Kier alpha value is -3.98. The predicted octanol–water partition coefficient (Wildman–Crippen LogP) is 6.68. The number of methoxy groups -OCH3 is 1. The maximum absolute atomic E-state index is 13.9. The second-order valence-electron chi connectivity index (χ2n) is 15.2. The van der Waals surface area contributed by atoms with Gasteiger partial charge in [-0.15, -0.1) is 0 Å². The number of carbonyl (C=O) groups is 4. The zero-order valence-electron chi connectivity index (χ0n) is 29.3. The number of allylic oxidation sites excluding steroid dienone is 2. The van der Waals surface area contributed by atoms with E-state index < -0.39 is 46.3 Å². The van der Waals surface area contributed by atoms with Gasteiger partial charge in [-0.2, -0.15) is 0 Å². The Bertz CT molecular complexity index is 1720. The van der Waals surface area contributed by atoms with Gasteiger partial charge in [0.2, 0.25) is 0 Å². The Balaban J connectivity index is 0.000000889. The molecule has 258 valence electrons. The first-order valence-corrected chi connectivity index (χ1v) is 16.9. The van der Waals surface area contributed by atoms with Gasteiger partial charge in [0, 0.05) is 47.8 Å². The zero-order chi connectivity index (χ0) is 34.9. The summed E-state index contributed by atoms with van der Waals surface area (Å²) in [6.07, 6.45) is 4.09. The average molecular weight is 660 g/mol. The average Bonchev–Trinajstić information content (AvgIpc) is 3.79.